The van der Waals surface area contributed by atoms with Crippen molar-refractivity contribution in [2.45, 2.75) is 19.8 Å². The third-order valence-electron chi connectivity index (χ3n) is 1.17. The van der Waals surface area contributed by atoms with E-state index in [0.29, 0.717) is 19.6 Å². The average molecular weight is 181 g/mol. The van der Waals surface area contributed by atoms with Crippen molar-refractivity contribution < 1.29 is 13.2 Å². The third-order valence-corrected chi connectivity index (χ3v) is 2.03. The van der Waals surface area contributed by atoms with Crippen LogP contribution in [-0.2, 0) is 14.8 Å². The van der Waals surface area contributed by atoms with E-state index in [4.69, 9.17) is 9.88 Å². The largest absolute Gasteiger partial charge is 0.382 e. The van der Waals surface area contributed by atoms with E-state index in [1.807, 2.05) is 6.92 Å². The minimum Gasteiger partial charge on any atom is -0.382 e. The topological polar surface area (TPSA) is 69.4 Å². The van der Waals surface area contributed by atoms with E-state index in [1.165, 1.54) is 0 Å². The molecule has 4 nitrogen and oxygen atoms in total. The quantitative estimate of drug-likeness (QED) is 0.590. The summed E-state index contributed by atoms with van der Waals surface area (Å²) in [5, 5.41) is 4.78. The SMILES string of the molecule is CCOCCCCS(N)(=O)=O. The number of hydrogen-bond donors (Lipinski definition) is 1. The summed E-state index contributed by atoms with van der Waals surface area (Å²) in [5.41, 5.74) is 0. The summed E-state index contributed by atoms with van der Waals surface area (Å²) >= 11 is 0. The Bertz CT molecular complexity index is 176. The molecule has 0 bridgehead atoms. The first-order chi connectivity index (χ1) is 5.06. The van der Waals surface area contributed by atoms with Crippen molar-refractivity contribution >= 4 is 10.0 Å². The van der Waals surface area contributed by atoms with Gasteiger partial charge in [-0.2, -0.15) is 0 Å². The van der Waals surface area contributed by atoms with Gasteiger partial charge in [-0.05, 0) is 19.8 Å². The molecule has 0 aromatic carbocycles. The summed E-state index contributed by atoms with van der Waals surface area (Å²) in [7, 11) is -3.27. The second-order valence-electron chi connectivity index (χ2n) is 2.27. The molecule has 68 valence electrons. The van der Waals surface area contributed by atoms with Gasteiger partial charge in [0.2, 0.25) is 10.0 Å². The Hall–Kier alpha value is -0.130. The van der Waals surface area contributed by atoms with Crippen LogP contribution in [0.2, 0.25) is 0 Å². The fourth-order valence-corrected chi connectivity index (χ4v) is 1.26. The molecule has 0 aliphatic heterocycles. The van der Waals surface area contributed by atoms with Crippen molar-refractivity contribution in [3.05, 3.63) is 0 Å². The number of ether oxygens (including phenoxy) is 1. The smallest absolute Gasteiger partial charge is 0.209 e. The molecule has 0 unspecified atom stereocenters. The summed E-state index contributed by atoms with van der Waals surface area (Å²) in [6.45, 7) is 3.20. The number of nitrogens with two attached hydrogens (primary N) is 1. The van der Waals surface area contributed by atoms with E-state index in [2.05, 4.69) is 0 Å². The number of unbranched alkanes of at least 4 members (excludes halogenated alkanes) is 1. The first-order valence-electron chi connectivity index (χ1n) is 3.64. The fourth-order valence-electron chi connectivity index (χ4n) is 0.652. The van der Waals surface area contributed by atoms with Gasteiger partial charge in [-0.3, -0.25) is 0 Å². The van der Waals surface area contributed by atoms with E-state index in [0.717, 1.165) is 6.42 Å². The van der Waals surface area contributed by atoms with E-state index in [1.54, 1.807) is 0 Å². The molecule has 0 aliphatic rings. The Balaban J connectivity index is 3.16. The van der Waals surface area contributed by atoms with Gasteiger partial charge < -0.3 is 4.74 Å². The molecule has 0 heterocycles. The van der Waals surface area contributed by atoms with Crippen LogP contribution in [0.5, 0.6) is 0 Å². The summed E-state index contributed by atoms with van der Waals surface area (Å²) in [6.07, 6.45) is 1.34. The fraction of sp³-hybridized carbons (Fsp3) is 1.00. The molecular weight excluding hydrogens is 166 g/mol. The maximum absolute atomic E-state index is 10.4. The normalized spacial score (nSPS) is 11.8. The van der Waals surface area contributed by atoms with Gasteiger partial charge in [0.05, 0.1) is 5.75 Å². The Morgan fingerprint density at radius 2 is 2.00 bits per heavy atom. The summed E-state index contributed by atoms with van der Waals surface area (Å²) in [4.78, 5) is 0. The van der Waals surface area contributed by atoms with E-state index in [9.17, 15) is 8.42 Å². The van der Waals surface area contributed by atoms with Crippen LogP contribution in [0, 0.1) is 0 Å². The van der Waals surface area contributed by atoms with E-state index in [-0.39, 0.29) is 5.75 Å². The predicted octanol–water partition coefficient (Wildman–Crippen LogP) is 0.0916. The van der Waals surface area contributed by atoms with E-state index >= 15 is 0 Å². The molecule has 0 radical (unpaired) electrons. The van der Waals surface area contributed by atoms with Crippen LogP contribution in [0.25, 0.3) is 0 Å². The lowest BCUT2D eigenvalue weighted by Crippen LogP contribution is -2.16. The van der Waals surface area contributed by atoms with Gasteiger partial charge in [-0.1, -0.05) is 0 Å². The van der Waals surface area contributed by atoms with Crippen LogP contribution in [0.1, 0.15) is 19.8 Å². The van der Waals surface area contributed by atoms with Gasteiger partial charge in [-0.25, -0.2) is 13.6 Å². The highest BCUT2D eigenvalue weighted by molar-refractivity contribution is 7.89. The van der Waals surface area contributed by atoms with Crippen molar-refractivity contribution in [3.63, 3.8) is 0 Å². The molecule has 11 heavy (non-hydrogen) atoms. The van der Waals surface area contributed by atoms with Gasteiger partial charge in [0.1, 0.15) is 0 Å². The lowest BCUT2D eigenvalue weighted by Gasteiger charge is -1.99. The number of primary sulfonamides is 1. The van der Waals surface area contributed by atoms with Crippen molar-refractivity contribution in [1.82, 2.24) is 0 Å². The summed E-state index contributed by atoms with van der Waals surface area (Å²) in [6, 6.07) is 0. The lowest BCUT2D eigenvalue weighted by molar-refractivity contribution is 0.144. The molecule has 0 aromatic rings. The third kappa shape index (κ3) is 9.87. The molecule has 0 saturated carbocycles. The molecule has 0 amide bonds. The second-order valence-corrected chi connectivity index (χ2v) is 4.00. The van der Waals surface area contributed by atoms with Gasteiger partial charge in [0, 0.05) is 13.2 Å². The maximum Gasteiger partial charge on any atom is 0.209 e. The molecule has 0 rings (SSSR count). The highest BCUT2D eigenvalue weighted by atomic mass is 32.2. The van der Waals surface area contributed by atoms with E-state index < -0.39 is 10.0 Å². The molecule has 0 spiro atoms. The minimum absolute atomic E-state index is 0.0556. The zero-order valence-electron chi connectivity index (χ0n) is 6.75. The van der Waals surface area contributed by atoms with Gasteiger partial charge in [0.15, 0.2) is 0 Å². The molecule has 2 N–H and O–H groups in total. The maximum atomic E-state index is 10.4. The van der Waals surface area contributed by atoms with Gasteiger partial charge >= 0.3 is 0 Å². The Kier molecular flexibility index (Phi) is 5.45. The van der Waals surface area contributed by atoms with Gasteiger partial charge in [0.25, 0.3) is 0 Å². The number of sulfonamides is 1. The predicted molar refractivity (Wildman–Crippen MR) is 43.7 cm³/mol. The molecule has 0 fully saturated rings. The van der Waals surface area contributed by atoms with Crippen LogP contribution >= 0.6 is 0 Å². The van der Waals surface area contributed by atoms with Crippen LogP contribution in [0.3, 0.4) is 0 Å². The Labute approximate surface area is 67.8 Å². The minimum atomic E-state index is -3.27. The van der Waals surface area contributed by atoms with Gasteiger partial charge in [-0.15, -0.1) is 0 Å². The van der Waals surface area contributed by atoms with Crippen LogP contribution in [0.15, 0.2) is 0 Å². The van der Waals surface area contributed by atoms with Crippen molar-refractivity contribution in [1.29, 1.82) is 0 Å². The van der Waals surface area contributed by atoms with Crippen molar-refractivity contribution in [3.8, 4) is 0 Å². The first-order valence-corrected chi connectivity index (χ1v) is 5.36. The molecule has 0 saturated heterocycles. The van der Waals surface area contributed by atoms with Crippen LogP contribution in [-0.4, -0.2) is 27.4 Å². The molecule has 0 aromatic heterocycles. The lowest BCUT2D eigenvalue weighted by atomic mass is 10.4. The second kappa shape index (κ2) is 5.51. The number of hydrogen-bond acceptors (Lipinski definition) is 3. The van der Waals surface area contributed by atoms with Crippen LogP contribution in [0.4, 0.5) is 0 Å². The van der Waals surface area contributed by atoms with Crippen molar-refractivity contribution in [2.24, 2.45) is 5.14 Å². The first kappa shape index (κ1) is 10.9. The Morgan fingerprint density at radius 1 is 1.36 bits per heavy atom. The highest BCUT2D eigenvalue weighted by Crippen LogP contribution is 1.92. The zero-order valence-corrected chi connectivity index (χ0v) is 7.56. The summed E-state index contributed by atoms with van der Waals surface area (Å²) in [5.74, 6) is 0.0556. The monoisotopic (exact) mass is 181 g/mol. The highest BCUT2D eigenvalue weighted by Gasteiger charge is 2.00. The molecule has 5 heteroatoms. The number of rotatable bonds is 6. The standard InChI is InChI=1S/C6H15NO3S/c1-2-10-5-3-4-6-11(7,8)9/h2-6H2,1H3,(H2,7,8,9). The Morgan fingerprint density at radius 3 is 2.45 bits per heavy atom. The molecule has 0 aliphatic carbocycles. The van der Waals surface area contributed by atoms with Crippen LogP contribution < -0.4 is 5.14 Å². The van der Waals surface area contributed by atoms with Crippen molar-refractivity contribution in [2.75, 3.05) is 19.0 Å². The zero-order chi connectivity index (χ0) is 8.74. The summed E-state index contributed by atoms with van der Waals surface area (Å²) < 4.78 is 25.8. The molecule has 0 atom stereocenters. The molecular formula is C6H15NO3S. The average Bonchev–Trinajstić information content (AvgIpc) is 1.85.